The minimum Gasteiger partial charge on any atom is -0.481 e. The van der Waals surface area contributed by atoms with Crippen molar-refractivity contribution in [2.75, 3.05) is 6.54 Å². The molecule has 1 aliphatic carbocycles. The quantitative estimate of drug-likeness (QED) is 0.719. The third kappa shape index (κ3) is 3.18. The molecule has 0 aromatic carbocycles. The van der Waals surface area contributed by atoms with Gasteiger partial charge in [0.25, 0.3) is 0 Å². The summed E-state index contributed by atoms with van der Waals surface area (Å²) in [4.78, 5) is 22.7. The normalized spacial score (nSPS) is 16.2. The molecule has 7 nitrogen and oxygen atoms in total. The third-order valence-corrected chi connectivity index (χ3v) is 3.41. The van der Waals surface area contributed by atoms with Crippen LogP contribution < -0.4 is 10.6 Å². The van der Waals surface area contributed by atoms with Gasteiger partial charge in [0.05, 0.1) is 17.7 Å². The lowest BCUT2D eigenvalue weighted by atomic mass is 9.69. The van der Waals surface area contributed by atoms with E-state index in [4.69, 9.17) is 5.11 Å². The Morgan fingerprint density at radius 2 is 2.16 bits per heavy atom. The molecule has 1 fully saturated rings. The molecule has 0 spiro atoms. The lowest BCUT2D eigenvalue weighted by Gasteiger charge is -2.37. The maximum atomic E-state index is 11.6. The minimum atomic E-state index is -0.840. The van der Waals surface area contributed by atoms with Crippen molar-refractivity contribution < 1.29 is 14.7 Å². The molecule has 1 saturated carbocycles. The van der Waals surface area contributed by atoms with Crippen LogP contribution in [0.1, 0.15) is 25.0 Å². The molecule has 1 aromatic rings. The molecule has 7 heteroatoms. The first kappa shape index (κ1) is 13.3. The van der Waals surface area contributed by atoms with Crippen LogP contribution in [0.2, 0.25) is 0 Å². The molecule has 1 heterocycles. The molecule has 2 amide bonds. The summed E-state index contributed by atoms with van der Waals surface area (Å²) in [6, 6.07) is 3.09. The highest BCUT2D eigenvalue weighted by atomic mass is 16.4. The Hall–Kier alpha value is -2.18. The smallest absolute Gasteiger partial charge is 0.315 e. The van der Waals surface area contributed by atoms with Crippen molar-refractivity contribution in [3.63, 3.8) is 0 Å². The van der Waals surface area contributed by atoms with E-state index < -0.39 is 17.4 Å². The number of rotatable bonds is 5. The molecule has 0 aliphatic heterocycles. The number of nitrogens with zero attached hydrogens (tertiary/aromatic N) is 2. The average molecular weight is 264 g/mol. The number of hydrogen-bond donors (Lipinski definition) is 3. The van der Waals surface area contributed by atoms with Gasteiger partial charge in [0, 0.05) is 12.7 Å². The van der Waals surface area contributed by atoms with Gasteiger partial charge in [-0.25, -0.2) is 4.79 Å². The predicted octanol–water partition coefficient (Wildman–Crippen LogP) is 0.531. The fourth-order valence-corrected chi connectivity index (χ4v) is 1.98. The van der Waals surface area contributed by atoms with Gasteiger partial charge >= 0.3 is 12.0 Å². The topological polar surface area (TPSA) is 104 Å². The van der Waals surface area contributed by atoms with Crippen LogP contribution in [-0.2, 0) is 11.3 Å². The van der Waals surface area contributed by atoms with Crippen LogP contribution in [0.25, 0.3) is 0 Å². The van der Waals surface area contributed by atoms with Gasteiger partial charge in [-0.1, -0.05) is 6.42 Å². The maximum Gasteiger partial charge on any atom is 0.315 e. The van der Waals surface area contributed by atoms with E-state index in [0.717, 1.165) is 6.42 Å². The van der Waals surface area contributed by atoms with Crippen molar-refractivity contribution in [2.24, 2.45) is 5.41 Å². The van der Waals surface area contributed by atoms with Gasteiger partial charge in [-0.15, -0.1) is 0 Å². The number of aromatic nitrogens is 2. The zero-order chi connectivity index (χ0) is 13.7. The van der Waals surface area contributed by atoms with Crippen LogP contribution in [0.4, 0.5) is 4.79 Å². The van der Waals surface area contributed by atoms with Crippen molar-refractivity contribution in [1.29, 1.82) is 0 Å². The molecule has 0 radical (unpaired) electrons. The highest BCUT2D eigenvalue weighted by molar-refractivity contribution is 5.78. The molecular formula is C12H16N4O3. The monoisotopic (exact) mass is 264 g/mol. The summed E-state index contributed by atoms with van der Waals surface area (Å²) in [6.07, 6.45) is 3.69. The van der Waals surface area contributed by atoms with E-state index in [1.54, 1.807) is 18.3 Å². The van der Waals surface area contributed by atoms with Crippen molar-refractivity contribution >= 4 is 12.0 Å². The van der Waals surface area contributed by atoms with Gasteiger partial charge in [0.1, 0.15) is 0 Å². The lowest BCUT2D eigenvalue weighted by Crippen LogP contribution is -2.49. The summed E-state index contributed by atoms with van der Waals surface area (Å²) in [6.45, 7) is 0.425. The second kappa shape index (κ2) is 5.64. The molecule has 3 N–H and O–H groups in total. The highest BCUT2D eigenvalue weighted by Gasteiger charge is 2.44. The van der Waals surface area contributed by atoms with Gasteiger partial charge in [-0.05, 0) is 25.0 Å². The predicted molar refractivity (Wildman–Crippen MR) is 66.2 cm³/mol. The minimum absolute atomic E-state index is 0.161. The first-order chi connectivity index (χ1) is 9.12. The molecule has 19 heavy (non-hydrogen) atoms. The number of carboxylic acids is 1. The summed E-state index contributed by atoms with van der Waals surface area (Å²) in [5.41, 5.74) is -0.126. The molecule has 0 bridgehead atoms. The van der Waals surface area contributed by atoms with E-state index in [2.05, 4.69) is 20.8 Å². The molecule has 0 saturated heterocycles. The Bertz CT molecular complexity index is 459. The standard InChI is InChI=1S/C12H16N4O3/c17-10(18)12(4-2-5-12)8-14-11(19)13-7-9-3-1-6-15-16-9/h1,3,6H,2,4-5,7-8H2,(H,17,18)(H2,13,14,19). The number of carbonyl (C=O) groups excluding carboxylic acids is 1. The Labute approximate surface area is 110 Å². The Morgan fingerprint density at radius 3 is 2.68 bits per heavy atom. The van der Waals surface area contributed by atoms with Crippen LogP contribution in [0.3, 0.4) is 0 Å². The Balaban J connectivity index is 1.74. The van der Waals surface area contributed by atoms with Gasteiger partial charge in [0.2, 0.25) is 0 Å². The molecular weight excluding hydrogens is 248 g/mol. The van der Waals surface area contributed by atoms with Crippen LogP contribution >= 0.6 is 0 Å². The zero-order valence-electron chi connectivity index (χ0n) is 10.4. The van der Waals surface area contributed by atoms with E-state index in [1.165, 1.54) is 0 Å². The van der Waals surface area contributed by atoms with E-state index >= 15 is 0 Å². The van der Waals surface area contributed by atoms with Crippen molar-refractivity contribution in [3.8, 4) is 0 Å². The Morgan fingerprint density at radius 1 is 1.37 bits per heavy atom. The van der Waals surface area contributed by atoms with Gasteiger partial charge in [-0.2, -0.15) is 10.2 Å². The largest absolute Gasteiger partial charge is 0.481 e. The summed E-state index contributed by atoms with van der Waals surface area (Å²) in [5, 5.41) is 21.8. The van der Waals surface area contributed by atoms with Gasteiger partial charge in [0.15, 0.2) is 0 Å². The van der Waals surface area contributed by atoms with Gasteiger partial charge in [-0.3, -0.25) is 4.79 Å². The number of aliphatic carboxylic acids is 1. The number of nitrogens with one attached hydrogen (secondary N) is 2. The Kier molecular flexibility index (Phi) is 3.94. The summed E-state index contributed by atoms with van der Waals surface area (Å²) in [7, 11) is 0. The highest BCUT2D eigenvalue weighted by Crippen LogP contribution is 2.40. The van der Waals surface area contributed by atoms with Crippen LogP contribution in [0.15, 0.2) is 18.3 Å². The fraction of sp³-hybridized carbons (Fsp3) is 0.500. The number of amides is 2. The van der Waals surface area contributed by atoms with E-state index in [-0.39, 0.29) is 13.1 Å². The third-order valence-electron chi connectivity index (χ3n) is 3.41. The molecule has 2 rings (SSSR count). The number of carboxylic acid groups (broad SMARTS) is 1. The first-order valence-electron chi connectivity index (χ1n) is 6.14. The van der Waals surface area contributed by atoms with E-state index in [0.29, 0.717) is 18.5 Å². The molecule has 1 aromatic heterocycles. The summed E-state index contributed by atoms with van der Waals surface area (Å²) >= 11 is 0. The second-order valence-corrected chi connectivity index (χ2v) is 4.69. The fourth-order valence-electron chi connectivity index (χ4n) is 1.98. The van der Waals surface area contributed by atoms with Crippen molar-refractivity contribution in [1.82, 2.24) is 20.8 Å². The summed E-state index contributed by atoms with van der Waals surface area (Å²) < 4.78 is 0. The van der Waals surface area contributed by atoms with Crippen molar-refractivity contribution in [3.05, 3.63) is 24.0 Å². The van der Waals surface area contributed by atoms with E-state index in [9.17, 15) is 9.59 Å². The molecule has 0 unspecified atom stereocenters. The first-order valence-corrected chi connectivity index (χ1v) is 6.14. The molecule has 0 atom stereocenters. The van der Waals surface area contributed by atoms with E-state index in [1.807, 2.05) is 0 Å². The van der Waals surface area contributed by atoms with Crippen LogP contribution in [0.5, 0.6) is 0 Å². The van der Waals surface area contributed by atoms with Crippen molar-refractivity contribution in [2.45, 2.75) is 25.8 Å². The van der Waals surface area contributed by atoms with Crippen LogP contribution in [0, 0.1) is 5.41 Å². The molecule has 1 aliphatic rings. The zero-order valence-corrected chi connectivity index (χ0v) is 10.4. The van der Waals surface area contributed by atoms with Gasteiger partial charge < -0.3 is 15.7 Å². The SMILES string of the molecule is O=C(NCc1cccnn1)NCC1(C(=O)O)CCC1. The number of urea groups is 1. The number of hydrogen-bond acceptors (Lipinski definition) is 4. The second-order valence-electron chi connectivity index (χ2n) is 4.69. The number of carbonyl (C=O) groups is 2. The molecule has 102 valence electrons. The summed E-state index contributed by atoms with van der Waals surface area (Å²) in [5.74, 6) is -0.840. The average Bonchev–Trinajstić information content (AvgIpc) is 2.36. The maximum absolute atomic E-state index is 11.6. The lowest BCUT2D eigenvalue weighted by molar-refractivity contribution is -0.153. The van der Waals surface area contributed by atoms with Crippen LogP contribution in [-0.4, -0.2) is 33.8 Å².